The molecule has 10 heteroatoms. The number of nitrogens with one attached hydrogen (secondary N) is 1. The summed E-state index contributed by atoms with van der Waals surface area (Å²) < 4.78 is 71.9. The molecule has 2 rings (SSSR count). The molecule has 0 bridgehead atoms. The first-order valence-corrected chi connectivity index (χ1v) is 9.49. The average Bonchev–Trinajstić information content (AvgIpc) is 2.53. The Morgan fingerprint density at radius 3 is 2.40 bits per heavy atom. The Morgan fingerprint density at radius 1 is 1.24 bits per heavy atom. The molecular weight excluding hydrogens is 381 g/mol. The number of ether oxygens (including phenoxy) is 1. The molecule has 0 radical (unpaired) electrons. The Bertz CT molecular complexity index is 717. The minimum absolute atomic E-state index is 0.0325. The van der Waals surface area contributed by atoms with E-state index in [9.17, 15) is 21.6 Å². The largest absolute Gasteiger partial charge is 0.417 e. The van der Waals surface area contributed by atoms with E-state index in [4.69, 9.17) is 16.3 Å². The Morgan fingerprint density at radius 2 is 1.84 bits per heavy atom. The smallest absolute Gasteiger partial charge is 0.379 e. The molecule has 0 spiro atoms. The van der Waals surface area contributed by atoms with Gasteiger partial charge in [-0.25, -0.2) is 13.1 Å². The SMILES string of the molecule is CC(C)(CNS(=O)(=O)c1ccc(Cl)cc1C(F)(F)F)N1CCOCC1. The monoisotopic (exact) mass is 400 g/mol. The van der Waals surface area contributed by atoms with Gasteiger partial charge in [-0.2, -0.15) is 13.2 Å². The molecule has 1 fully saturated rings. The lowest BCUT2D eigenvalue weighted by molar-refractivity contribution is -0.139. The predicted molar refractivity (Wildman–Crippen MR) is 88.1 cm³/mol. The number of hydrogen-bond acceptors (Lipinski definition) is 4. The van der Waals surface area contributed by atoms with Gasteiger partial charge in [-0.3, -0.25) is 4.90 Å². The second kappa shape index (κ2) is 7.40. The zero-order valence-electron chi connectivity index (χ0n) is 13.9. The maximum atomic E-state index is 13.2. The van der Waals surface area contributed by atoms with Crippen molar-refractivity contribution in [3.63, 3.8) is 0 Å². The molecule has 0 aliphatic carbocycles. The van der Waals surface area contributed by atoms with Gasteiger partial charge in [0.05, 0.1) is 23.7 Å². The molecule has 1 heterocycles. The molecule has 0 amide bonds. The third kappa shape index (κ3) is 5.07. The molecule has 0 aromatic heterocycles. The summed E-state index contributed by atoms with van der Waals surface area (Å²) >= 11 is 5.59. The number of hydrogen-bond donors (Lipinski definition) is 1. The van der Waals surface area contributed by atoms with E-state index in [0.29, 0.717) is 32.4 Å². The van der Waals surface area contributed by atoms with E-state index < -0.39 is 32.2 Å². The van der Waals surface area contributed by atoms with E-state index >= 15 is 0 Å². The Kier molecular flexibility index (Phi) is 6.05. The van der Waals surface area contributed by atoms with Gasteiger partial charge in [0.2, 0.25) is 10.0 Å². The summed E-state index contributed by atoms with van der Waals surface area (Å²) in [6.07, 6.45) is -4.82. The molecule has 142 valence electrons. The molecule has 1 aliphatic heterocycles. The quantitative estimate of drug-likeness (QED) is 0.825. The Hall–Kier alpha value is -0.870. The number of sulfonamides is 1. The molecule has 5 nitrogen and oxygen atoms in total. The Balaban J connectivity index is 2.22. The summed E-state index contributed by atoms with van der Waals surface area (Å²) in [4.78, 5) is 1.20. The minimum Gasteiger partial charge on any atom is -0.379 e. The Labute approximate surface area is 150 Å². The second-order valence-corrected chi connectivity index (χ2v) is 8.55. The normalized spacial score (nSPS) is 17.7. The molecule has 25 heavy (non-hydrogen) atoms. The van der Waals surface area contributed by atoms with Crippen molar-refractivity contribution in [2.45, 2.75) is 30.5 Å². The van der Waals surface area contributed by atoms with E-state index in [0.717, 1.165) is 12.1 Å². The molecule has 1 N–H and O–H groups in total. The fraction of sp³-hybridized carbons (Fsp3) is 0.600. The topological polar surface area (TPSA) is 58.6 Å². The fourth-order valence-corrected chi connectivity index (χ4v) is 4.17. The summed E-state index contributed by atoms with van der Waals surface area (Å²) in [6.45, 7) is 5.94. The highest BCUT2D eigenvalue weighted by Gasteiger charge is 2.38. The van der Waals surface area contributed by atoms with Gasteiger partial charge < -0.3 is 4.74 Å². The number of halogens is 4. The van der Waals surface area contributed by atoms with Crippen LogP contribution in [0.25, 0.3) is 0 Å². The average molecular weight is 401 g/mol. The van der Waals surface area contributed by atoms with Gasteiger partial charge in [0.25, 0.3) is 0 Å². The third-order valence-electron chi connectivity index (χ3n) is 4.10. The van der Waals surface area contributed by atoms with Crippen LogP contribution in [0.1, 0.15) is 19.4 Å². The lowest BCUT2D eigenvalue weighted by atomic mass is 10.0. The van der Waals surface area contributed by atoms with Crippen molar-refractivity contribution in [2.75, 3.05) is 32.8 Å². The van der Waals surface area contributed by atoms with E-state index in [1.54, 1.807) is 0 Å². The predicted octanol–water partition coefficient (Wildman–Crippen LogP) is 2.75. The standard InChI is InChI=1S/C15H20ClF3N2O3S/c1-14(2,21-5-7-24-8-6-21)10-20-25(22,23)13-4-3-11(16)9-12(13)15(17,18)19/h3-4,9,20H,5-8,10H2,1-2H3. The third-order valence-corrected chi connectivity index (χ3v) is 5.79. The fourth-order valence-electron chi connectivity index (χ4n) is 2.59. The second-order valence-electron chi connectivity index (χ2n) is 6.37. The molecule has 0 saturated carbocycles. The zero-order chi connectivity index (χ0) is 18.9. The number of benzene rings is 1. The van der Waals surface area contributed by atoms with E-state index in [1.807, 2.05) is 18.7 Å². The molecule has 0 unspecified atom stereocenters. The van der Waals surface area contributed by atoms with E-state index in [-0.39, 0.29) is 11.6 Å². The molecule has 1 aromatic carbocycles. The number of morpholine rings is 1. The van der Waals surface area contributed by atoms with Crippen molar-refractivity contribution in [1.29, 1.82) is 0 Å². The maximum absolute atomic E-state index is 13.2. The molecule has 1 aliphatic rings. The first-order chi connectivity index (χ1) is 11.4. The van der Waals surface area contributed by atoms with Crippen molar-refractivity contribution in [3.05, 3.63) is 28.8 Å². The molecular formula is C15H20ClF3N2O3S. The van der Waals surface area contributed by atoms with Gasteiger partial charge in [-0.05, 0) is 32.0 Å². The lowest BCUT2D eigenvalue weighted by Crippen LogP contribution is -2.55. The van der Waals surface area contributed by atoms with Crippen molar-refractivity contribution in [2.24, 2.45) is 0 Å². The van der Waals surface area contributed by atoms with Crippen LogP contribution in [-0.2, 0) is 20.9 Å². The van der Waals surface area contributed by atoms with Crippen LogP contribution in [0.3, 0.4) is 0 Å². The summed E-state index contributed by atoms with van der Waals surface area (Å²) in [5.41, 5.74) is -1.85. The summed E-state index contributed by atoms with van der Waals surface area (Å²) in [7, 11) is -4.35. The summed E-state index contributed by atoms with van der Waals surface area (Å²) in [6, 6.07) is 2.61. The van der Waals surface area contributed by atoms with Gasteiger partial charge in [0.1, 0.15) is 0 Å². The number of rotatable bonds is 5. The highest BCUT2D eigenvalue weighted by molar-refractivity contribution is 7.89. The van der Waals surface area contributed by atoms with Crippen LogP contribution < -0.4 is 4.72 Å². The first kappa shape index (κ1) is 20.4. The van der Waals surface area contributed by atoms with Crippen molar-refractivity contribution < 1.29 is 26.3 Å². The number of alkyl halides is 3. The van der Waals surface area contributed by atoms with Crippen LogP contribution in [0.5, 0.6) is 0 Å². The van der Waals surface area contributed by atoms with Crippen molar-refractivity contribution in [1.82, 2.24) is 9.62 Å². The van der Waals surface area contributed by atoms with Crippen molar-refractivity contribution in [3.8, 4) is 0 Å². The van der Waals surface area contributed by atoms with Crippen LogP contribution in [-0.4, -0.2) is 51.7 Å². The van der Waals surface area contributed by atoms with Crippen LogP contribution in [0.15, 0.2) is 23.1 Å². The highest BCUT2D eigenvalue weighted by Crippen LogP contribution is 2.35. The highest BCUT2D eigenvalue weighted by atomic mass is 35.5. The van der Waals surface area contributed by atoms with Gasteiger partial charge in [-0.15, -0.1) is 0 Å². The van der Waals surface area contributed by atoms with Crippen LogP contribution >= 0.6 is 11.6 Å². The summed E-state index contributed by atoms with van der Waals surface area (Å²) in [5.74, 6) is 0. The van der Waals surface area contributed by atoms with Gasteiger partial charge in [0.15, 0.2) is 0 Å². The minimum atomic E-state index is -4.82. The van der Waals surface area contributed by atoms with Gasteiger partial charge >= 0.3 is 6.18 Å². The zero-order valence-corrected chi connectivity index (χ0v) is 15.4. The van der Waals surface area contributed by atoms with Gasteiger partial charge in [-0.1, -0.05) is 11.6 Å². The molecule has 1 aromatic rings. The first-order valence-electron chi connectivity index (χ1n) is 7.63. The molecule has 1 saturated heterocycles. The molecule has 0 atom stereocenters. The van der Waals surface area contributed by atoms with Crippen LogP contribution in [0, 0.1) is 0 Å². The summed E-state index contributed by atoms with van der Waals surface area (Å²) in [5, 5.41) is -0.181. The maximum Gasteiger partial charge on any atom is 0.417 e. The van der Waals surface area contributed by atoms with E-state index in [1.165, 1.54) is 0 Å². The van der Waals surface area contributed by atoms with Gasteiger partial charge in [0, 0.05) is 30.2 Å². The van der Waals surface area contributed by atoms with Crippen molar-refractivity contribution >= 4 is 21.6 Å². The number of nitrogens with zero attached hydrogens (tertiary/aromatic N) is 1. The van der Waals surface area contributed by atoms with Crippen LogP contribution in [0.4, 0.5) is 13.2 Å². The van der Waals surface area contributed by atoms with E-state index in [2.05, 4.69) is 4.72 Å². The van der Waals surface area contributed by atoms with Crippen LogP contribution in [0.2, 0.25) is 5.02 Å². The lowest BCUT2D eigenvalue weighted by Gasteiger charge is -2.40.